The minimum Gasteiger partial charge on any atom is -0.250 e. The van der Waals surface area contributed by atoms with Crippen molar-refractivity contribution in [3.8, 4) is 11.1 Å². The Balaban J connectivity index is 2.40. The zero-order valence-electron chi connectivity index (χ0n) is 8.27. The highest BCUT2D eigenvalue weighted by Gasteiger charge is 1.99. The van der Waals surface area contributed by atoms with Gasteiger partial charge < -0.3 is 0 Å². The molecule has 0 spiro atoms. The molecule has 2 rings (SSSR count). The second kappa shape index (κ2) is 4.69. The van der Waals surface area contributed by atoms with Crippen molar-refractivity contribution in [2.75, 3.05) is 6.26 Å². The molecule has 0 aliphatic rings. The normalized spacial score (nSPS) is 10.3. The van der Waals surface area contributed by atoms with Gasteiger partial charge in [0.05, 0.1) is 5.03 Å². The van der Waals surface area contributed by atoms with Crippen molar-refractivity contribution in [2.45, 2.75) is 5.03 Å². The van der Waals surface area contributed by atoms with E-state index in [4.69, 9.17) is 11.6 Å². The predicted octanol–water partition coefficient (Wildman–Crippen LogP) is 4.12. The van der Waals surface area contributed by atoms with Crippen LogP contribution in [0, 0.1) is 0 Å². The Bertz CT molecular complexity index is 453. The lowest BCUT2D eigenvalue weighted by atomic mass is 10.1. The lowest BCUT2D eigenvalue weighted by Gasteiger charge is -2.02. The number of aromatic nitrogens is 1. The van der Waals surface area contributed by atoms with Crippen molar-refractivity contribution in [3.05, 3.63) is 47.6 Å². The number of nitrogens with zero attached hydrogens (tertiary/aromatic N) is 1. The lowest BCUT2D eigenvalue weighted by molar-refractivity contribution is 1.14. The topological polar surface area (TPSA) is 12.9 Å². The molecule has 76 valence electrons. The van der Waals surface area contributed by atoms with Crippen LogP contribution in [0.5, 0.6) is 0 Å². The maximum Gasteiger partial charge on any atom is 0.0963 e. The second-order valence-corrected chi connectivity index (χ2v) is 4.36. The first kappa shape index (κ1) is 10.5. The average molecular weight is 236 g/mol. The largest absolute Gasteiger partial charge is 0.250 e. The molecular formula is C12H10ClNS. The van der Waals surface area contributed by atoms with Crippen LogP contribution >= 0.6 is 23.4 Å². The molecule has 1 aromatic heterocycles. The van der Waals surface area contributed by atoms with E-state index in [2.05, 4.69) is 11.1 Å². The van der Waals surface area contributed by atoms with Gasteiger partial charge in [-0.3, -0.25) is 0 Å². The van der Waals surface area contributed by atoms with E-state index >= 15 is 0 Å². The summed E-state index contributed by atoms with van der Waals surface area (Å²) in [6.45, 7) is 0. The number of halogens is 1. The van der Waals surface area contributed by atoms with Gasteiger partial charge in [0.2, 0.25) is 0 Å². The van der Waals surface area contributed by atoms with Crippen molar-refractivity contribution in [1.82, 2.24) is 4.98 Å². The summed E-state index contributed by atoms with van der Waals surface area (Å²) in [6.07, 6.45) is 3.85. The van der Waals surface area contributed by atoms with Crippen LogP contribution in [0.3, 0.4) is 0 Å². The second-order valence-electron chi connectivity index (χ2n) is 3.09. The maximum atomic E-state index is 5.84. The maximum absolute atomic E-state index is 5.84. The van der Waals surface area contributed by atoms with Gasteiger partial charge in [-0.25, -0.2) is 4.98 Å². The Morgan fingerprint density at radius 1 is 1.07 bits per heavy atom. The Kier molecular flexibility index (Phi) is 3.29. The Morgan fingerprint density at radius 3 is 2.47 bits per heavy atom. The number of hydrogen-bond donors (Lipinski definition) is 0. The summed E-state index contributed by atoms with van der Waals surface area (Å²) in [5.74, 6) is 0. The molecule has 15 heavy (non-hydrogen) atoms. The molecule has 0 unspecified atom stereocenters. The quantitative estimate of drug-likeness (QED) is 0.727. The summed E-state index contributed by atoms with van der Waals surface area (Å²) in [6, 6.07) is 11.9. The first-order chi connectivity index (χ1) is 7.29. The molecule has 0 saturated carbocycles. The molecule has 0 aliphatic heterocycles. The highest BCUT2D eigenvalue weighted by molar-refractivity contribution is 7.98. The third-order valence-corrected chi connectivity index (χ3v) is 3.02. The van der Waals surface area contributed by atoms with E-state index < -0.39 is 0 Å². The minimum atomic E-state index is 0.762. The minimum absolute atomic E-state index is 0.762. The van der Waals surface area contributed by atoms with Crippen LogP contribution in [-0.4, -0.2) is 11.2 Å². The predicted molar refractivity (Wildman–Crippen MR) is 66.5 cm³/mol. The van der Waals surface area contributed by atoms with Crippen LogP contribution in [-0.2, 0) is 0 Å². The van der Waals surface area contributed by atoms with Crippen molar-refractivity contribution < 1.29 is 0 Å². The molecular weight excluding hydrogens is 226 g/mol. The fourth-order valence-corrected chi connectivity index (χ4v) is 1.88. The fourth-order valence-electron chi connectivity index (χ4n) is 1.34. The Morgan fingerprint density at radius 2 is 1.80 bits per heavy atom. The molecule has 0 amide bonds. The third kappa shape index (κ3) is 2.52. The standard InChI is InChI=1S/C12H10ClNS/c1-15-12-8-10(6-7-14-12)9-2-4-11(13)5-3-9/h2-8H,1H3. The van der Waals surface area contributed by atoms with Gasteiger partial charge in [0, 0.05) is 11.2 Å². The van der Waals surface area contributed by atoms with Crippen molar-refractivity contribution in [3.63, 3.8) is 0 Å². The van der Waals surface area contributed by atoms with E-state index in [0.29, 0.717) is 0 Å². The molecule has 0 saturated heterocycles. The van der Waals surface area contributed by atoms with Crippen LogP contribution in [0.4, 0.5) is 0 Å². The summed E-state index contributed by atoms with van der Waals surface area (Å²) in [5, 5.41) is 1.79. The number of rotatable bonds is 2. The van der Waals surface area contributed by atoms with Crippen molar-refractivity contribution in [1.29, 1.82) is 0 Å². The summed E-state index contributed by atoms with van der Waals surface area (Å²) in [4.78, 5) is 4.24. The van der Waals surface area contributed by atoms with Crippen LogP contribution < -0.4 is 0 Å². The Hall–Kier alpha value is -0.990. The zero-order valence-corrected chi connectivity index (χ0v) is 9.85. The van der Waals surface area contributed by atoms with E-state index in [9.17, 15) is 0 Å². The molecule has 0 aliphatic carbocycles. The SMILES string of the molecule is CSc1cc(-c2ccc(Cl)cc2)ccn1. The van der Waals surface area contributed by atoms with Crippen LogP contribution in [0.2, 0.25) is 5.02 Å². The highest BCUT2D eigenvalue weighted by atomic mass is 35.5. The van der Waals surface area contributed by atoms with Crippen molar-refractivity contribution in [2.24, 2.45) is 0 Å². The first-order valence-electron chi connectivity index (χ1n) is 4.55. The van der Waals surface area contributed by atoms with E-state index in [0.717, 1.165) is 15.6 Å². The summed E-state index contributed by atoms with van der Waals surface area (Å²) in [5.41, 5.74) is 2.34. The van der Waals surface area contributed by atoms with Gasteiger partial charge in [-0.05, 0) is 41.6 Å². The van der Waals surface area contributed by atoms with E-state index in [1.165, 1.54) is 5.56 Å². The molecule has 2 aromatic rings. The van der Waals surface area contributed by atoms with Crippen LogP contribution in [0.15, 0.2) is 47.6 Å². The van der Waals surface area contributed by atoms with Crippen molar-refractivity contribution >= 4 is 23.4 Å². The van der Waals surface area contributed by atoms with Gasteiger partial charge in [0.15, 0.2) is 0 Å². The van der Waals surface area contributed by atoms with Crippen LogP contribution in [0.1, 0.15) is 0 Å². The van der Waals surface area contributed by atoms with E-state index in [-0.39, 0.29) is 0 Å². The summed E-state index contributed by atoms with van der Waals surface area (Å²) in [7, 11) is 0. The number of benzene rings is 1. The van der Waals surface area contributed by atoms with Gasteiger partial charge >= 0.3 is 0 Å². The lowest BCUT2D eigenvalue weighted by Crippen LogP contribution is -1.81. The zero-order chi connectivity index (χ0) is 10.7. The molecule has 3 heteroatoms. The molecule has 1 heterocycles. The number of hydrogen-bond acceptors (Lipinski definition) is 2. The monoisotopic (exact) mass is 235 g/mol. The smallest absolute Gasteiger partial charge is 0.0963 e. The molecule has 1 nitrogen and oxygen atoms in total. The molecule has 1 aromatic carbocycles. The van der Waals surface area contributed by atoms with Gasteiger partial charge in [-0.2, -0.15) is 0 Å². The Labute approximate surface area is 98.5 Å². The van der Waals surface area contributed by atoms with E-state index in [1.807, 2.05) is 42.8 Å². The summed E-state index contributed by atoms with van der Waals surface area (Å²) >= 11 is 7.48. The highest BCUT2D eigenvalue weighted by Crippen LogP contribution is 2.23. The van der Waals surface area contributed by atoms with Gasteiger partial charge in [0.25, 0.3) is 0 Å². The molecule has 0 bridgehead atoms. The first-order valence-corrected chi connectivity index (χ1v) is 6.16. The molecule has 0 radical (unpaired) electrons. The average Bonchev–Trinajstić information content (AvgIpc) is 2.30. The third-order valence-electron chi connectivity index (χ3n) is 2.12. The molecule has 0 N–H and O–H groups in total. The van der Waals surface area contributed by atoms with Gasteiger partial charge in [0.1, 0.15) is 0 Å². The number of pyridine rings is 1. The summed E-state index contributed by atoms with van der Waals surface area (Å²) < 4.78 is 0. The molecule has 0 fully saturated rings. The van der Waals surface area contributed by atoms with E-state index in [1.54, 1.807) is 11.8 Å². The molecule has 0 atom stereocenters. The van der Waals surface area contributed by atoms with Gasteiger partial charge in [-0.15, -0.1) is 11.8 Å². The fraction of sp³-hybridized carbons (Fsp3) is 0.0833. The van der Waals surface area contributed by atoms with Gasteiger partial charge in [-0.1, -0.05) is 23.7 Å². The number of thioether (sulfide) groups is 1. The van der Waals surface area contributed by atoms with Crippen LogP contribution in [0.25, 0.3) is 11.1 Å².